The van der Waals surface area contributed by atoms with Crippen molar-refractivity contribution in [3.63, 3.8) is 0 Å². The van der Waals surface area contributed by atoms with Crippen molar-refractivity contribution in [2.45, 2.75) is 0 Å². The third-order valence-corrected chi connectivity index (χ3v) is 1.61. The zero-order valence-electron chi connectivity index (χ0n) is 7.45. The number of nitroso groups, excluding NO2 is 2. The summed E-state index contributed by atoms with van der Waals surface area (Å²) in [6.45, 7) is 0. The molecule has 0 radical (unpaired) electrons. The molecule has 0 aromatic heterocycles. The monoisotopic (exact) mass is 206 g/mol. The van der Waals surface area contributed by atoms with Gasteiger partial charge in [-0.2, -0.15) is 0 Å². The molecule has 1 N–H and O–H groups in total. The molecule has 15 heavy (non-hydrogen) atoms. The quantitative estimate of drug-likeness (QED) is 0.604. The molecule has 0 aliphatic rings. The van der Waals surface area contributed by atoms with E-state index in [9.17, 15) is 14.6 Å². The summed E-state index contributed by atoms with van der Waals surface area (Å²) in [5.41, 5.74) is 0.273. The van der Waals surface area contributed by atoms with Crippen molar-refractivity contribution >= 4 is 23.4 Å². The lowest BCUT2D eigenvalue weighted by atomic mass is 10.1. The number of benzene rings is 1. The first-order valence-corrected chi connectivity index (χ1v) is 3.89. The molecule has 76 valence electrons. The minimum absolute atomic E-state index is 0.0718. The van der Waals surface area contributed by atoms with Gasteiger partial charge in [-0.05, 0) is 34.1 Å². The fourth-order valence-electron chi connectivity index (χ4n) is 0.962. The Morgan fingerprint density at radius 2 is 1.87 bits per heavy atom. The largest absolute Gasteiger partial charge is 0.478 e. The van der Waals surface area contributed by atoms with Crippen LogP contribution in [0.5, 0.6) is 0 Å². The van der Waals surface area contributed by atoms with E-state index in [1.165, 1.54) is 24.3 Å². The van der Waals surface area contributed by atoms with Gasteiger partial charge in [-0.3, -0.25) is 0 Å². The van der Waals surface area contributed by atoms with Crippen LogP contribution in [0.1, 0.15) is 5.56 Å². The van der Waals surface area contributed by atoms with Crippen molar-refractivity contribution in [2.24, 2.45) is 10.4 Å². The molecule has 0 heterocycles. The zero-order valence-corrected chi connectivity index (χ0v) is 7.45. The number of hydrogen-bond donors (Lipinski definition) is 1. The van der Waals surface area contributed by atoms with Crippen LogP contribution < -0.4 is 0 Å². The molecule has 0 aliphatic carbocycles. The van der Waals surface area contributed by atoms with E-state index in [4.69, 9.17) is 5.11 Å². The Hall–Kier alpha value is -2.37. The van der Waals surface area contributed by atoms with Gasteiger partial charge in [0.05, 0.1) is 0 Å². The summed E-state index contributed by atoms with van der Waals surface area (Å²) in [5.74, 6) is -1.10. The van der Waals surface area contributed by atoms with Gasteiger partial charge in [-0.1, -0.05) is 6.07 Å². The second-order valence-corrected chi connectivity index (χ2v) is 2.60. The lowest BCUT2D eigenvalue weighted by Gasteiger charge is -1.95. The molecule has 1 aromatic rings. The summed E-state index contributed by atoms with van der Waals surface area (Å²) in [7, 11) is 0. The Labute approximate surface area is 84.2 Å². The first kappa shape index (κ1) is 10.7. The predicted molar refractivity (Wildman–Crippen MR) is 54.0 cm³/mol. The SMILES string of the molecule is O=Nc1ccc(/C=C/C(=O)O)cc1N=O. The maximum Gasteiger partial charge on any atom is 0.328 e. The number of carboxylic acid groups (broad SMARTS) is 1. The fourth-order valence-corrected chi connectivity index (χ4v) is 0.962. The highest BCUT2D eigenvalue weighted by molar-refractivity contribution is 5.85. The van der Waals surface area contributed by atoms with E-state index in [2.05, 4.69) is 10.4 Å². The second-order valence-electron chi connectivity index (χ2n) is 2.60. The standard InChI is InChI=1S/C9H6N2O4/c12-9(13)4-2-6-1-3-7(10-14)8(5-6)11-15/h1-5H,(H,12,13)/b4-2+. The Balaban J connectivity index is 3.08. The van der Waals surface area contributed by atoms with E-state index >= 15 is 0 Å². The van der Waals surface area contributed by atoms with Crippen LogP contribution in [0.3, 0.4) is 0 Å². The minimum atomic E-state index is -1.10. The topological polar surface area (TPSA) is 96.2 Å². The van der Waals surface area contributed by atoms with Gasteiger partial charge >= 0.3 is 5.97 Å². The molecule has 0 spiro atoms. The third-order valence-electron chi connectivity index (χ3n) is 1.61. The van der Waals surface area contributed by atoms with Gasteiger partial charge in [0.15, 0.2) is 0 Å². The van der Waals surface area contributed by atoms with Crippen LogP contribution in [0.2, 0.25) is 0 Å². The molecule has 0 atom stereocenters. The van der Waals surface area contributed by atoms with Crippen LogP contribution in [0, 0.1) is 9.81 Å². The van der Waals surface area contributed by atoms with E-state index in [0.717, 1.165) is 6.08 Å². The van der Waals surface area contributed by atoms with E-state index in [-0.39, 0.29) is 11.4 Å². The van der Waals surface area contributed by atoms with Crippen LogP contribution in [0.4, 0.5) is 11.4 Å². The molecule has 6 nitrogen and oxygen atoms in total. The van der Waals surface area contributed by atoms with E-state index in [1.54, 1.807) is 0 Å². The van der Waals surface area contributed by atoms with Gasteiger partial charge in [-0.25, -0.2) is 4.79 Å². The van der Waals surface area contributed by atoms with Crippen LogP contribution in [0.15, 0.2) is 34.6 Å². The third kappa shape index (κ3) is 2.80. The number of carboxylic acids is 1. The molecule has 0 fully saturated rings. The molecule has 0 bridgehead atoms. The van der Waals surface area contributed by atoms with Gasteiger partial charge in [0.1, 0.15) is 11.4 Å². The molecule has 6 heteroatoms. The number of aliphatic carboxylic acids is 1. The Bertz CT molecular complexity index is 440. The van der Waals surface area contributed by atoms with Crippen LogP contribution in [-0.4, -0.2) is 11.1 Å². The van der Waals surface area contributed by atoms with Crippen molar-refractivity contribution in [1.29, 1.82) is 0 Å². The summed E-state index contributed by atoms with van der Waals surface area (Å²) in [6.07, 6.45) is 2.20. The van der Waals surface area contributed by atoms with Crippen LogP contribution in [-0.2, 0) is 4.79 Å². The number of hydrogen-bond acceptors (Lipinski definition) is 5. The average molecular weight is 206 g/mol. The Morgan fingerprint density at radius 3 is 2.40 bits per heavy atom. The highest BCUT2D eigenvalue weighted by Crippen LogP contribution is 2.28. The normalized spacial score (nSPS) is 10.1. The molecular weight excluding hydrogens is 200 g/mol. The molecule has 1 aromatic carbocycles. The maximum absolute atomic E-state index is 10.3. The van der Waals surface area contributed by atoms with Gasteiger partial charge in [0.25, 0.3) is 0 Å². The smallest absolute Gasteiger partial charge is 0.328 e. The van der Waals surface area contributed by atoms with Crippen LogP contribution in [0.25, 0.3) is 6.08 Å². The number of nitrogens with zero attached hydrogens (tertiary/aromatic N) is 2. The van der Waals surface area contributed by atoms with E-state index in [1.807, 2.05) is 0 Å². The lowest BCUT2D eigenvalue weighted by molar-refractivity contribution is -0.131. The highest BCUT2D eigenvalue weighted by atomic mass is 16.4. The van der Waals surface area contributed by atoms with Crippen molar-refractivity contribution < 1.29 is 9.90 Å². The second kappa shape index (κ2) is 4.75. The molecule has 1 rings (SSSR count). The molecule has 0 saturated carbocycles. The first-order chi connectivity index (χ1) is 7.17. The molecular formula is C9H6N2O4. The van der Waals surface area contributed by atoms with Crippen molar-refractivity contribution in [1.82, 2.24) is 0 Å². The molecule has 0 amide bonds. The first-order valence-electron chi connectivity index (χ1n) is 3.89. The molecule has 0 saturated heterocycles. The van der Waals surface area contributed by atoms with Gasteiger partial charge in [0.2, 0.25) is 0 Å². The van der Waals surface area contributed by atoms with Crippen LogP contribution >= 0.6 is 0 Å². The van der Waals surface area contributed by atoms with Crippen molar-refractivity contribution in [2.75, 3.05) is 0 Å². The van der Waals surface area contributed by atoms with Crippen molar-refractivity contribution in [3.8, 4) is 0 Å². The van der Waals surface area contributed by atoms with Gasteiger partial charge in [0, 0.05) is 6.08 Å². The Morgan fingerprint density at radius 1 is 1.20 bits per heavy atom. The number of rotatable bonds is 4. The lowest BCUT2D eigenvalue weighted by Crippen LogP contribution is -1.85. The van der Waals surface area contributed by atoms with E-state index < -0.39 is 5.97 Å². The predicted octanol–water partition coefficient (Wildman–Crippen LogP) is 2.58. The van der Waals surface area contributed by atoms with Gasteiger partial charge in [-0.15, -0.1) is 9.81 Å². The molecule has 0 unspecified atom stereocenters. The highest BCUT2D eigenvalue weighted by Gasteiger charge is 2.03. The zero-order chi connectivity index (χ0) is 11.3. The van der Waals surface area contributed by atoms with Crippen molar-refractivity contribution in [3.05, 3.63) is 39.7 Å². The fraction of sp³-hybridized carbons (Fsp3) is 0. The average Bonchev–Trinajstić information content (AvgIpc) is 2.25. The van der Waals surface area contributed by atoms with Gasteiger partial charge < -0.3 is 5.11 Å². The van der Waals surface area contributed by atoms with E-state index in [0.29, 0.717) is 5.56 Å². The Kier molecular flexibility index (Phi) is 3.39. The number of carbonyl (C=O) groups is 1. The summed E-state index contributed by atoms with van der Waals surface area (Å²) < 4.78 is 0. The minimum Gasteiger partial charge on any atom is -0.478 e. The summed E-state index contributed by atoms with van der Waals surface area (Å²) in [6, 6.07) is 4.04. The summed E-state index contributed by atoms with van der Waals surface area (Å²) in [4.78, 5) is 30.7. The maximum atomic E-state index is 10.3. The molecule has 0 aliphatic heterocycles. The summed E-state index contributed by atoms with van der Waals surface area (Å²) >= 11 is 0. The summed E-state index contributed by atoms with van der Waals surface area (Å²) in [5, 5.41) is 13.6.